The Labute approximate surface area is 74.9 Å². The highest BCUT2D eigenvalue weighted by molar-refractivity contribution is 4.99. The molecule has 2 nitrogen and oxygen atoms in total. The topological polar surface area (TPSA) is 38.0 Å². The molecule has 0 bridgehead atoms. The molecule has 2 rings (SSSR count). The van der Waals surface area contributed by atoms with Crippen molar-refractivity contribution in [3.05, 3.63) is 0 Å². The van der Waals surface area contributed by atoms with Crippen LogP contribution in [0.2, 0.25) is 0 Å². The normalized spacial score (nSPS) is 28.5. The molecule has 0 saturated heterocycles. The Morgan fingerprint density at radius 3 is 2.42 bits per heavy atom. The average molecular weight is 168 g/mol. The minimum absolute atomic E-state index is 0.253. The van der Waals surface area contributed by atoms with Gasteiger partial charge in [0.05, 0.1) is 0 Å². The lowest BCUT2D eigenvalue weighted by atomic mass is 9.96. The quantitative estimate of drug-likeness (QED) is 0.645. The Bertz CT molecular complexity index is 161. The first-order valence-electron chi connectivity index (χ1n) is 5.20. The van der Waals surface area contributed by atoms with Gasteiger partial charge in [-0.1, -0.05) is 0 Å². The third kappa shape index (κ3) is 1.80. The van der Waals surface area contributed by atoms with E-state index in [9.17, 15) is 0 Å². The predicted molar refractivity (Wildman–Crippen MR) is 50.9 cm³/mol. The summed E-state index contributed by atoms with van der Waals surface area (Å²) in [5.74, 6) is 1.83. The zero-order chi connectivity index (χ0) is 8.60. The number of nitrogens with two attached hydrogens (primary N) is 1. The minimum Gasteiger partial charge on any atom is -0.329 e. The van der Waals surface area contributed by atoms with Crippen LogP contribution in [0.15, 0.2) is 0 Å². The van der Waals surface area contributed by atoms with Gasteiger partial charge in [-0.2, -0.15) is 0 Å². The highest BCUT2D eigenvalue weighted by atomic mass is 15.0. The fourth-order valence-electron chi connectivity index (χ4n) is 1.80. The molecule has 0 heterocycles. The van der Waals surface area contributed by atoms with E-state index in [0.717, 1.165) is 18.4 Å². The van der Waals surface area contributed by atoms with E-state index in [1.54, 1.807) is 0 Å². The molecule has 3 N–H and O–H groups in total. The maximum absolute atomic E-state index is 5.79. The van der Waals surface area contributed by atoms with E-state index >= 15 is 0 Å². The molecule has 2 aliphatic rings. The Morgan fingerprint density at radius 2 is 2.00 bits per heavy atom. The fraction of sp³-hybridized carbons (Fsp3) is 1.00. The second-order valence-electron chi connectivity index (χ2n) is 4.72. The first-order chi connectivity index (χ1) is 5.74. The largest absolute Gasteiger partial charge is 0.329 e. The zero-order valence-corrected chi connectivity index (χ0v) is 7.97. The molecular weight excluding hydrogens is 148 g/mol. The Kier molecular flexibility index (Phi) is 2.13. The van der Waals surface area contributed by atoms with E-state index in [-0.39, 0.29) is 5.54 Å². The Balaban J connectivity index is 1.78. The number of hydrogen-bond acceptors (Lipinski definition) is 2. The van der Waals surface area contributed by atoms with Crippen LogP contribution in [0.1, 0.15) is 32.6 Å². The summed E-state index contributed by atoms with van der Waals surface area (Å²) in [4.78, 5) is 0. The number of hydrogen-bond donors (Lipinski definition) is 2. The van der Waals surface area contributed by atoms with Crippen molar-refractivity contribution in [2.24, 2.45) is 17.6 Å². The minimum atomic E-state index is 0.253. The van der Waals surface area contributed by atoms with Gasteiger partial charge in [0, 0.05) is 12.1 Å². The van der Waals surface area contributed by atoms with Crippen LogP contribution in [0.25, 0.3) is 0 Å². The van der Waals surface area contributed by atoms with Crippen molar-refractivity contribution in [2.75, 3.05) is 13.1 Å². The van der Waals surface area contributed by atoms with Gasteiger partial charge < -0.3 is 11.1 Å². The van der Waals surface area contributed by atoms with Crippen LogP contribution < -0.4 is 11.1 Å². The molecule has 2 aliphatic carbocycles. The summed E-state index contributed by atoms with van der Waals surface area (Å²) in [6.07, 6.45) is 5.62. The van der Waals surface area contributed by atoms with Crippen molar-refractivity contribution in [3.63, 3.8) is 0 Å². The second-order valence-corrected chi connectivity index (χ2v) is 4.72. The van der Waals surface area contributed by atoms with Gasteiger partial charge in [0.1, 0.15) is 0 Å². The van der Waals surface area contributed by atoms with Crippen molar-refractivity contribution in [3.8, 4) is 0 Å². The van der Waals surface area contributed by atoms with Crippen LogP contribution in [-0.2, 0) is 0 Å². The highest BCUT2D eigenvalue weighted by Gasteiger charge is 2.40. The molecule has 0 radical (unpaired) electrons. The second kappa shape index (κ2) is 3.00. The standard InChI is InChI=1S/C10H20N2/c1-10(7-11,9-4-5-9)12-6-8-2-3-8/h8-9,12H,2-7,11H2,1H3. The summed E-state index contributed by atoms with van der Waals surface area (Å²) >= 11 is 0. The van der Waals surface area contributed by atoms with Crippen molar-refractivity contribution in [2.45, 2.75) is 38.1 Å². The molecule has 0 aromatic rings. The number of rotatable bonds is 5. The summed E-state index contributed by atoms with van der Waals surface area (Å²) in [5, 5.41) is 3.64. The molecule has 70 valence electrons. The molecule has 0 aromatic heterocycles. The van der Waals surface area contributed by atoms with Gasteiger partial charge in [0.25, 0.3) is 0 Å². The van der Waals surface area contributed by atoms with E-state index in [1.807, 2.05) is 0 Å². The van der Waals surface area contributed by atoms with Crippen LogP contribution in [0.3, 0.4) is 0 Å². The van der Waals surface area contributed by atoms with E-state index in [2.05, 4.69) is 12.2 Å². The zero-order valence-electron chi connectivity index (χ0n) is 7.97. The Morgan fingerprint density at radius 1 is 1.33 bits per heavy atom. The third-order valence-corrected chi connectivity index (χ3v) is 3.39. The lowest BCUT2D eigenvalue weighted by Crippen LogP contribution is -2.51. The van der Waals surface area contributed by atoms with E-state index in [1.165, 1.54) is 32.2 Å². The summed E-state index contributed by atoms with van der Waals surface area (Å²) in [6.45, 7) is 4.28. The molecule has 1 unspecified atom stereocenters. The smallest absolute Gasteiger partial charge is 0.0304 e. The number of nitrogens with one attached hydrogen (secondary N) is 1. The summed E-state index contributed by atoms with van der Waals surface area (Å²) in [7, 11) is 0. The van der Waals surface area contributed by atoms with Crippen LogP contribution in [0.5, 0.6) is 0 Å². The van der Waals surface area contributed by atoms with Crippen LogP contribution >= 0.6 is 0 Å². The van der Waals surface area contributed by atoms with Gasteiger partial charge in [-0.25, -0.2) is 0 Å². The summed E-state index contributed by atoms with van der Waals surface area (Å²) < 4.78 is 0. The molecule has 12 heavy (non-hydrogen) atoms. The van der Waals surface area contributed by atoms with Crippen molar-refractivity contribution in [1.29, 1.82) is 0 Å². The third-order valence-electron chi connectivity index (χ3n) is 3.39. The molecule has 0 spiro atoms. The van der Waals surface area contributed by atoms with Crippen molar-refractivity contribution in [1.82, 2.24) is 5.32 Å². The van der Waals surface area contributed by atoms with Crippen LogP contribution in [0.4, 0.5) is 0 Å². The van der Waals surface area contributed by atoms with Gasteiger partial charge in [0.15, 0.2) is 0 Å². The predicted octanol–water partition coefficient (Wildman–Crippen LogP) is 1.11. The molecule has 2 fully saturated rings. The molecule has 0 amide bonds. The molecule has 0 aliphatic heterocycles. The van der Waals surface area contributed by atoms with Gasteiger partial charge in [-0.05, 0) is 51.0 Å². The van der Waals surface area contributed by atoms with E-state index < -0.39 is 0 Å². The SMILES string of the molecule is CC(CN)(NCC1CC1)C1CC1. The molecule has 0 aromatic carbocycles. The van der Waals surface area contributed by atoms with Gasteiger partial charge in [-0.3, -0.25) is 0 Å². The van der Waals surface area contributed by atoms with E-state index in [0.29, 0.717) is 0 Å². The monoisotopic (exact) mass is 168 g/mol. The van der Waals surface area contributed by atoms with Gasteiger partial charge >= 0.3 is 0 Å². The highest BCUT2D eigenvalue weighted by Crippen LogP contribution is 2.39. The van der Waals surface area contributed by atoms with Crippen molar-refractivity contribution < 1.29 is 0 Å². The maximum Gasteiger partial charge on any atom is 0.0304 e. The first kappa shape index (κ1) is 8.52. The molecule has 1 atom stereocenters. The molecule has 2 saturated carbocycles. The summed E-state index contributed by atoms with van der Waals surface area (Å²) in [6, 6.07) is 0. The van der Waals surface area contributed by atoms with Crippen LogP contribution in [-0.4, -0.2) is 18.6 Å². The first-order valence-corrected chi connectivity index (χ1v) is 5.20. The van der Waals surface area contributed by atoms with Crippen LogP contribution in [0, 0.1) is 11.8 Å². The van der Waals surface area contributed by atoms with Gasteiger partial charge in [0.2, 0.25) is 0 Å². The fourth-order valence-corrected chi connectivity index (χ4v) is 1.80. The van der Waals surface area contributed by atoms with E-state index in [4.69, 9.17) is 5.73 Å². The lowest BCUT2D eigenvalue weighted by Gasteiger charge is -2.29. The average Bonchev–Trinajstić information content (AvgIpc) is 2.88. The van der Waals surface area contributed by atoms with Gasteiger partial charge in [-0.15, -0.1) is 0 Å². The van der Waals surface area contributed by atoms with Crippen molar-refractivity contribution >= 4 is 0 Å². The Hall–Kier alpha value is -0.0800. The molecule has 2 heteroatoms. The lowest BCUT2D eigenvalue weighted by molar-refractivity contribution is 0.314. The summed E-state index contributed by atoms with van der Waals surface area (Å²) in [5.41, 5.74) is 6.04. The maximum atomic E-state index is 5.79. The molecular formula is C10H20N2.